The predicted molar refractivity (Wildman–Crippen MR) is 64.5 cm³/mol. The molecule has 2 rings (SSSR count). The Bertz CT molecular complexity index is 520. The molecule has 0 aliphatic rings. The molecule has 0 radical (unpaired) electrons. The monoisotopic (exact) mass is 231 g/mol. The molecule has 6 heteroatoms. The number of amides is 1. The highest BCUT2D eigenvalue weighted by molar-refractivity contribution is 6.06. The molecule has 88 valence electrons. The number of nitrogens with one attached hydrogen (secondary N) is 1. The largest absolute Gasteiger partial charge is 0.396 e. The fourth-order valence-electron chi connectivity index (χ4n) is 1.51. The number of carbonyl (C=O) groups is 1. The Morgan fingerprint density at radius 3 is 2.82 bits per heavy atom. The van der Waals surface area contributed by atoms with Crippen LogP contribution in [0.25, 0.3) is 0 Å². The maximum atomic E-state index is 12.0. The molecule has 1 amide bonds. The number of hydrogen-bond acceptors (Lipinski definition) is 4. The molecule has 0 atom stereocenters. The molecule has 0 unspecified atom stereocenters. The molecule has 0 saturated heterocycles. The van der Waals surface area contributed by atoms with Crippen LogP contribution in [-0.4, -0.2) is 20.7 Å². The van der Waals surface area contributed by atoms with Crippen LogP contribution in [0.3, 0.4) is 0 Å². The summed E-state index contributed by atoms with van der Waals surface area (Å²) in [5.41, 5.74) is 7.14. The smallest absolute Gasteiger partial charge is 0.276 e. The summed E-state index contributed by atoms with van der Waals surface area (Å²) in [7, 11) is 0. The van der Waals surface area contributed by atoms with Gasteiger partial charge >= 0.3 is 0 Å². The summed E-state index contributed by atoms with van der Waals surface area (Å²) in [5.74, 6) is -0.270. The van der Waals surface area contributed by atoms with E-state index in [9.17, 15) is 4.79 Å². The van der Waals surface area contributed by atoms with E-state index < -0.39 is 0 Å². The average molecular weight is 231 g/mol. The van der Waals surface area contributed by atoms with E-state index in [0.717, 1.165) is 0 Å². The van der Waals surface area contributed by atoms with Gasteiger partial charge in [-0.25, -0.2) is 0 Å². The molecule has 0 aromatic carbocycles. The summed E-state index contributed by atoms with van der Waals surface area (Å²) in [4.78, 5) is 15.9. The van der Waals surface area contributed by atoms with Crippen molar-refractivity contribution in [2.24, 2.45) is 0 Å². The van der Waals surface area contributed by atoms with E-state index in [-0.39, 0.29) is 5.91 Å². The maximum absolute atomic E-state index is 12.0. The highest BCUT2D eigenvalue weighted by Gasteiger charge is 2.15. The number of anilines is 2. The third-order valence-corrected chi connectivity index (χ3v) is 2.32. The van der Waals surface area contributed by atoms with Gasteiger partial charge in [-0.3, -0.25) is 14.5 Å². The van der Waals surface area contributed by atoms with E-state index in [1.165, 1.54) is 6.20 Å². The number of hydrogen-bond donors (Lipinski definition) is 2. The van der Waals surface area contributed by atoms with Crippen LogP contribution in [0.4, 0.5) is 11.4 Å². The van der Waals surface area contributed by atoms with Crippen molar-refractivity contribution in [3.05, 3.63) is 36.4 Å². The van der Waals surface area contributed by atoms with Gasteiger partial charge in [0.1, 0.15) is 5.69 Å². The molecule has 17 heavy (non-hydrogen) atoms. The number of pyridine rings is 1. The first-order chi connectivity index (χ1) is 8.22. The predicted octanol–water partition coefficient (Wildman–Crippen LogP) is 1.13. The van der Waals surface area contributed by atoms with Crippen LogP contribution < -0.4 is 11.1 Å². The van der Waals surface area contributed by atoms with Crippen LogP contribution in [0.5, 0.6) is 0 Å². The van der Waals surface area contributed by atoms with Gasteiger partial charge in [0.2, 0.25) is 0 Å². The van der Waals surface area contributed by atoms with Crippen molar-refractivity contribution in [2.75, 3.05) is 11.1 Å². The summed E-state index contributed by atoms with van der Waals surface area (Å²) in [6, 6.07) is 3.42. The summed E-state index contributed by atoms with van der Waals surface area (Å²) in [6.45, 7) is 2.49. The van der Waals surface area contributed by atoms with E-state index in [0.29, 0.717) is 23.6 Å². The molecule has 0 spiro atoms. The van der Waals surface area contributed by atoms with Crippen molar-refractivity contribution < 1.29 is 4.79 Å². The SMILES string of the molecule is CCn1ncc(N)c1C(=O)Nc1ccncc1. The number of aromatic nitrogens is 3. The third kappa shape index (κ3) is 2.25. The van der Waals surface area contributed by atoms with E-state index in [2.05, 4.69) is 15.4 Å². The molecule has 2 aromatic rings. The number of aryl methyl sites for hydroxylation is 1. The number of carbonyl (C=O) groups excluding carboxylic acids is 1. The van der Waals surface area contributed by atoms with Gasteiger partial charge < -0.3 is 11.1 Å². The lowest BCUT2D eigenvalue weighted by atomic mass is 10.3. The van der Waals surface area contributed by atoms with Crippen LogP contribution in [0.1, 0.15) is 17.4 Å². The first-order valence-electron chi connectivity index (χ1n) is 5.25. The zero-order valence-electron chi connectivity index (χ0n) is 9.42. The van der Waals surface area contributed by atoms with Crippen LogP contribution in [-0.2, 0) is 6.54 Å². The molecule has 0 saturated carbocycles. The molecule has 0 aliphatic carbocycles. The second-order valence-corrected chi connectivity index (χ2v) is 3.45. The van der Waals surface area contributed by atoms with Gasteiger partial charge in [-0.2, -0.15) is 5.10 Å². The molecule has 2 heterocycles. The minimum atomic E-state index is -0.270. The van der Waals surface area contributed by atoms with Gasteiger partial charge in [0, 0.05) is 24.6 Å². The van der Waals surface area contributed by atoms with E-state index in [1.807, 2.05) is 6.92 Å². The van der Waals surface area contributed by atoms with E-state index >= 15 is 0 Å². The Morgan fingerprint density at radius 1 is 1.47 bits per heavy atom. The van der Waals surface area contributed by atoms with Gasteiger partial charge in [-0.15, -0.1) is 0 Å². The quantitative estimate of drug-likeness (QED) is 0.829. The van der Waals surface area contributed by atoms with Crippen molar-refractivity contribution in [3.63, 3.8) is 0 Å². The number of rotatable bonds is 3. The molecule has 0 aliphatic heterocycles. The molecule has 0 fully saturated rings. The summed E-state index contributed by atoms with van der Waals surface area (Å²) >= 11 is 0. The summed E-state index contributed by atoms with van der Waals surface area (Å²) in [6.07, 6.45) is 4.69. The first kappa shape index (κ1) is 11.1. The van der Waals surface area contributed by atoms with Crippen molar-refractivity contribution >= 4 is 17.3 Å². The van der Waals surface area contributed by atoms with Crippen LogP contribution in [0.15, 0.2) is 30.7 Å². The second kappa shape index (κ2) is 4.65. The molecular weight excluding hydrogens is 218 g/mol. The lowest BCUT2D eigenvalue weighted by Gasteiger charge is -2.07. The van der Waals surface area contributed by atoms with Crippen molar-refractivity contribution in [1.82, 2.24) is 14.8 Å². The standard InChI is InChI=1S/C11H13N5O/c1-2-16-10(9(12)7-14-16)11(17)15-8-3-5-13-6-4-8/h3-7H,2,12H2,1H3,(H,13,15,17). The van der Waals surface area contributed by atoms with Crippen LogP contribution in [0, 0.1) is 0 Å². The molecule has 3 N–H and O–H groups in total. The third-order valence-electron chi connectivity index (χ3n) is 2.32. The van der Waals surface area contributed by atoms with Crippen LogP contribution in [0.2, 0.25) is 0 Å². The Labute approximate surface area is 98.5 Å². The highest BCUT2D eigenvalue weighted by Crippen LogP contribution is 2.13. The minimum Gasteiger partial charge on any atom is -0.396 e. The molecule has 6 nitrogen and oxygen atoms in total. The normalized spacial score (nSPS) is 10.2. The molecule has 2 aromatic heterocycles. The van der Waals surface area contributed by atoms with Crippen LogP contribution >= 0.6 is 0 Å². The van der Waals surface area contributed by atoms with E-state index in [4.69, 9.17) is 5.73 Å². The first-order valence-corrected chi connectivity index (χ1v) is 5.25. The molecular formula is C11H13N5O. The fraction of sp³-hybridized carbons (Fsp3) is 0.182. The fourth-order valence-corrected chi connectivity index (χ4v) is 1.51. The van der Waals surface area contributed by atoms with Gasteiger partial charge in [-0.1, -0.05) is 0 Å². The average Bonchev–Trinajstić information content (AvgIpc) is 2.71. The van der Waals surface area contributed by atoms with Gasteiger partial charge in [-0.05, 0) is 19.1 Å². The minimum absolute atomic E-state index is 0.270. The van der Waals surface area contributed by atoms with Gasteiger partial charge in [0.05, 0.1) is 11.9 Å². The Hall–Kier alpha value is -2.37. The second-order valence-electron chi connectivity index (χ2n) is 3.45. The Kier molecular flexibility index (Phi) is 3.04. The van der Waals surface area contributed by atoms with E-state index in [1.54, 1.807) is 29.2 Å². The topological polar surface area (TPSA) is 85.8 Å². The zero-order valence-corrected chi connectivity index (χ0v) is 9.42. The number of nitrogens with zero attached hydrogens (tertiary/aromatic N) is 3. The van der Waals surface area contributed by atoms with Crippen molar-refractivity contribution in [2.45, 2.75) is 13.5 Å². The van der Waals surface area contributed by atoms with Crippen molar-refractivity contribution in [1.29, 1.82) is 0 Å². The Morgan fingerprint density at radius 2 is 2.18 bits per heavy atom. The lowest BCUT2D eigenvalue weighted by molar-refractivity contribution is 0.101. The summed E-state index contributed by atoms with van der Waals surface area (Å²) in [5, 5.41) is 6.76. The lowest BCUT2D eigenvalue weighted by Crippen LogP contribution is -2.18. The van der Waals surface area contributed by atoms with Gasteiger partial charge in [0.25, 0.3) is 5.91 Å². The zero-order chi connectivity index (χ0) is 12.3. The summed E-state index contributed by atoms with van der Waals surface area (Å²) < 4.78 is 1.56. The van der Waals surface area contributed by atoms with Crippen molar-refractivity contribution in [3.8, 4) is 0 Å². The Balaban J connectivity index is 2.23. The number of nitrogens with two attached hydrogens (primary N) is 1. The highest BCUT2D eigenvalue weighted by atomic mass is 16.2. The van der Waals surface area contributed by atoms with Gasteiger partial charge in [0.15, 0.2) is 0 Å². The molecule has 0 bridgehead atoms. The maximum Gasteiger partial charge on any atom is 0.276 e. The number of nitrogen functional groups attached to an aromatic ring is 1.